The van der Waals surface area contributed by atoms with E-state index in [2.05, 4.69) is 15.9 Å². The Labute approximate surface area is 132 Å². The molecule has 1 aromatic carbocycles. The molecule has 0 aliphatic carbocycles. The van der Waals surface area contributed by atoms with Crippen LogP contribution in [0.1, 0.15) is 25.3 Å². The number of nitrogens with zero attached hydrogens (tertiary/aromatic N) is 1. The van der Waals surface area contributed by atoms with E-state index in [1.54, 1.807) is 13.0 Å². The Morgan fingerprint density at radius 1 is 1.48 bits per heavy atom. The van der Waals surface area contributed by atoms with Crippen molar-refractivity contribution in [3.8, 4) is 5.75 Å². The Bertz CT molecular complexity index is 561. The largest absolute Gasteiger partial charge is 0.480 e. The van der Waals surface area contributed by atoms with Gasteiger partial charge in [0.15, 0.2) is 6.10 Å². The second-order valence-corrected chi connectivity index (χ2v) is 6.08. The zero-order valence-corrected chi connectivity index (χ0v) is 13.6. The molecule has 5 nitrogen and oxygen atoms in total. The molecule has 21 heavy (non-hydrogen) atoms. The molecule has 1 fully saturated rings. The highest BCUT2D eigenvalue weighted by Crippen LogP contribution is 2.27. The standard InChI is InChI=1S/C15H18BrNO4/c1-9-5-6-13(11(16)8-9)21-10(2)14(18)17-7-3-4-12(17)15(19)20/h5-6,8,10,12H,3-4,7H2,1-2H3,(H,19,20)/t10?,12-/m0/s1. The average molecular weight is 356 g/mol. The van der Waals surface area contributed by atoms with Crippen molar-refractivity contribution in [2.75, 3.05) is 6.54 Å². The van der Waals surface area contributed by atoms with Crippen LogP contribution in [0.4, 0.5) is 0 Å². The summed E-state index contributed by atoms with van der Waals surface area (Å²) in [5.41, 5.74) is 1.08. The lowest BCUT2D eigenvalue weighted by atomic mass is 10.2. The molecule has 0 aromatic heterocycles. The predicted octanol–water partition coefficient (Wildman–Crippen LogP) is 2.60. The average Bonchev–Trinajstić information content (AvgIpc) is 2.90. The molecule has 0 bridgehead atoms. The Morgan fingerprint density at radius 2 is 2.19 bits per heavy atom. The molecule has 0 spiro atoms. The van der Waals surface area contributed by atoms with Crippen molar-refractivity contribution < 1.29 is 19.4 Å². The predicted molar refractivity (Wildman–Crippen MR) is 81.3 cm³/mol. The van der Waals surface area contributed by atoms with Gasteiger partial charge in [-0.1, -0.05) is 6.07 Å². The first-order valence-electron chi connectivity index (χ1n) is 6.86. The third kappa shape index (κ3) is 3.56. The fourth-order valence-electron chi connectivity index (χ4n) is 2.46. The van der Waals surface area contributed by atoms with E-state index in [0.717, 1.165) is 10.0 Å². The molecule has 0 saturated carbocycles. The first-order chi connectivity index (χ1) is 9.90. The summed E-state index contributed by atoms with van der Waals surface area (Å²) < 4.78 is 6.45. The van der Waals surface area contributed by atoms with Crippen LogP contribution in [-0.2, 0) is 9.59 Å². The molecule has 1 amide bonds. The molecular weight excluding hydrogens is 338 g/mol. The van der Waals surface area contributed by atoms with Crippen LogP contribution in [0.2, 0.25) is 0 Å². The molecule has 1 N–H and O–H groups in total. The van der Waals surface area contributed by atoms with Crippen LogP contribution in [0.3, 0.4) is 0 Å². The maximum atomic E-state index is 12.4. The number of rotatable bonds is 4. The van der Waals surface area contributed by atoms with Crippen molar-refractivity contribution in [2.24, 2.45) is 0 Å². The Hall–Kier alpha value is -1.56. The number of benzene rings is 1. The van der Waals surface area contributed by atoms with Crippen molar-refractivity contribution in [3.05, 3.63) is 28.2 Å². The first-order valence-corrected chi connectivity index (χ1v) is 7.65. The van der Waals surface area contributed by atoms with Crippen molar-refractivity contribution in [2.45, 2.75) is 38.8 Å². The lowest BCUT2D eigenvalue weighted by Gasteiger charge is -2.25. The third-order valence-electron chi connectivity index (χ3n) is 3.56. The van der Waals surface area contributed by atoms with Gasteiger partial charge >= 0.3 is 5.97 Å². The highest BCUT2D eigenvalue weighted by atomic mass is 79.9. The maximum absolute atomic E-state index is 12.4. The Kier molecular flexibility index (Phi) is 4.88. The van der Waals surface area contributed by atoms with E-state index in [1.807, 2.05) is 19.1 Å². The van der Waals surface area contributed by atoms with E-state index in [9.17, 15) is 9.59 Å². The van der Waals surface area contributed by atoms with Gasteiger partial charge in [-0.15, -0.1) is 0 Å². The first kappa shape index (κ1) is 15.8. The molecule has 1 saturated heterocycles. The number of carboxylic acid groups (broad SMARTS) is 1. The summed E-state index contributed by atoms with van der Waals surface area (Å²) in [6.07, 6.45) is 0.495. The van der Waals surface area contributed by atoms with E-state index >= 15 is 0 Å². The number of carbonyl (C=O) groups is 2. The number of hydrogen-bond donors (Lipinski definition) is 1. The highest BCUT2D eigenvalue weighted by molar-refractivity contribution is 9.10. The number of ether oxygens (including phenoxy) is 1. The number of halogens is 1. The summed E-state index contributed by atoms with van der Waals surface area (Å²) in [4.78, 5) is 24.9. The zero-order chi connectivity index (χ0) is 15.6. The summed E-state index contributed by atoms with van der Waals surface area (Å²) in [6, 6.07) is 4.86. The third-order valence-corrected chi connectivity index (χ3v) is 4.18. The van der Waals surface area contributed by atoms with E-state index in [1.165, 1.54) is 4.90 Å². The molecule has 1 heterocycles. The number of hydrogen-bond acceptors (Lipinski definition) is 3. The van der Waals surface area contributed by atoms with E-state index < -0.39 is 18.1 Å². The topological polar surface area (TPSA) is 66.8 Å². The summed E-state index contributed by atoms with van der Waals surface area (Å²) >= 11 is 3.40. The molecule has 1 aliphatic rings. The van der Waals surface area contributed by atoms with Gasteiger partial charge in [0.05, 0.1) is 4.47 Å². The summed E-state index contributed by atoms with van der Waals surface area (Å²) in [5, 5.41) is 9.14. The Morgan fingerprint density at radius 3 is 2.81 bits per heavy atom. The van der Waals surface area contributed by atoms with Crippen LogP contribution < -0.4 is 4.74 Å². The second-order valence-electron chi connectivity index (χ2n) is 5.22. The molecule has 1 unspecified atom stereocenters. The lowest BCUT2D eigenvalue weighted by Crippen LogP contribution is -2.46. The Balaban J connectivity index is 2.07. The molecule has 2 atom stereocenters. The van der Waals surface area contributed by atoms with Gasteiger partial charge in [0.1, 0.15) is 11.8 Å². The molecule has 114 valence electrons. The van der Waals surface area contributed by atoms with E-state index in [-0.39, 0.29) is 5.91 Å². The molecule has 1 aromatic rings. The molecule has 2 rings (SSSR count). The number of carbonyl (C=O) groups excluding carboxylic acids is 1. The fraction of sp³-hybridized carbons (Fsp3) is 0.467. The van der Waals surface area contributed by atoms with Gasteiger partial charge in [0, 0.05) is 6.54 Å². The zero-order valence-electron chi connectivity index (χ0n) is 12.0. The van der Waals surface area contributed by atoms with Gasteiger partial charge in [0.25, 0.3) is 5.91 Å². The number of likely N-dealkylation sites (tertiary alicyclic amines) is 1. The highest BCUT2D eigenvalue weighted by Gasteiger charge is 2.36. The number of carboxylic acids is 1. The van der Waals surface area contributed by atoms with Crippen molar-refractivity contribution in [1.82, 2.24) is 4.90 Å². The summed E-state index contributed by atoms with van der Waals surface area (Å²) in [6.45, 7) is 4.08. The quantitative estimate of drug-likeness (QED) is 0.901. The van der Waals surface area contributed by atoms with Crippen LogP contribution in [-0.4, -0.2) is 40.6 Å². The minimum atomic E-state index is -0.954. The minimum Gasteiger partial charge on any atom is -0.480 e. The normalized spacial score (nSPS) is 19.4. The smallest absolute Gasteiger partial charge is 0.326 e. The second kappa shape index (κ2) is 6.47. The van der Waals surface area contributed by atoms with E-state index in [0.29, 0.717) is 25.1 Å². The van der Waals surface area contributed by atoms with Gasteiger partial charge in [-0.2, -0.15) is 0 Å². The number of aryl methyl sites for hydroxylation is 1. The van der Waals surface area contributed by atoms with Crippen LogP contribution in [0.25, 0.3) is 0 Å². The molecule has 6 heteroatoms. The van der Waals surface area contributed by atoms with Gasteiger partial charge in [0.2, 0.25) is 0 Å². The van der Waals surface area contributed by atoms with Gasteiger partial charge in [-0.05, 0) is 60.3 Å². The van der Waals surface area contributed by atoms with Gasteiger partial charge < -0.3 is 14.7 Å². The maximum Gasteiger partial charge on any atom is 0.326 e. The minimum absolute atomic E-state index is 0.285. The van der Waals surface area contributed by atoms with Crippen LogP contribution in [0, 0.1) is 6.92 Å². The van der Waals surface area contributed by atoms with Gasteiger partial charge in [-0.3, -0.25) is 4.79 Å². The number of amides is 1. The fourth-order valence-corrected chi connectivity index (χ4v) is 3.05. The lowest BCUT2D eigenvalue weighted by molar-refractivity contribution is -0.150. The summed E-state index contributed by atoms with van der Waals surface area (Å²) in [5.74, 6) is -0.663. The molecular formula is C15H18BrNO4. The monoisotopic (exact) mass is 355 g/mol. The van der Waals surface area contributed by atoms with Crippen molar-refractivity contribution in [3.63, 3.8) is 0 Å². The SMILES string of the molecule is Cc1ccc(OC(C)C(=O)N2CCC[C@H]2C(=O)O)c(Br)c1. The van der Waals surface area contributed by atoms with Crippen LogP contribution in [0.15, 0.2) is 22.7 Å². The van der Waals surface area contributed by atoms with Crippen LogP contribution >= 0.6 is 15.9 Å². The van der Waals surface area contributed by atoms with Crippen molar-refractivity contribution in [1.29, 1.82) is 0 Å². The van der Waals surface area contributed by atoms with Gasteiger partial charge in [-0.25, -0.2) is 4.79 Å². The summed E-state index contributed by atoms with van der Waals surface area (Å²) in [7, 11) is 0. The number of aliphatic carboxylic acids is 1. The van der Waals surface area contributed by atoms with Crippen molar-refractivity contribution >= 4 is 27.8 Å². The van der Waals surface area contributed by atoms with E-state index in [4.69, 9.17) is 9.84 Å². The van der Waals surface area contributed by atoms with Crippen LogP contribution in [0.5, 0.6) is 5.75 Å². The molecule has 0 radical (unpaired) electrons. The molecule has 1 aliphatic heterocycles.